The lowest BCUT2D eigenvalue weighted by atomic mass is 9.82. The second kappa shape index (κ2) is 6.58. The molecule has 3 nitrogen and oxygen atoms in total. The fourth-order valence-electron chi connectivity index (χ4n) is 2.85. The Morgan fingerprint density at radius 2 is 1.95 bits per heavy atom. The third-order valence-electron chi connectivity index (χ3n) is 4.20. The van der Waals surface area contributed by atoms with Crippen LogP contribution in [-0.4, -0.2) is 12.5 Å². The highest BCUT2D eigenvalue weighted by atomic mass is 16.2. The molecule has 0 radical (unpaired) electrons. The zero-order valence-corrected chi connectivity index (χ0v) is 12.0. The second-order valence-corrected chi connectivity index (χ2v) is 5.38. The molecule has 1 saturated carbocycles. The van der Waals surface area contributed by atoms with Gasteiger partial charge in [-0.25, -0.2) is 0 Å². The minimum atomic E-state index is -0.155. The van der Waals surface area contributed by atoms with Gasteiger partial charge in [0.2, 0.25) is 5.91 Å². The Labute approximate surface area is 120 Å². The number of hydrogen-bond acceptors (Lipinski definition) is 2. The van der Waals surface area contributed by atoms with Crippen molar-refractivity contribution in [2.75, 3.05) is 11.9 Å². The van der Waals surface area contributed by atoms with Crippen LogP contribution in [0, 0.1) is 17.3 Å². The van der Waals surface area contributed by atoms with Crippen LogP contribution in [0.3, 0.4) is 0 Å². The monoisotopic (exact) mass is 270 g/mol. The van der Waals surface area contributed by atoms with Gasteiger partial charge in [-0.3, -0.25) is 4.79 Å². The van der Waals surface area contributed by atoms with Crippen LogP contribution >= 0.6 is 0 Å². The molecule has 1 aromatic carbocycles. The summed E-state index contributed by atoms with van der Waals surface area (Å²) in [7, 11) is 0. The average molecular weight is 270 g/mol. The van der Waals surface area contributed by atoms with Crippen LogP contribution in [-0.2, 0) is 4.79 Å². The van der Waals surface area contributed by atoms with E-state index in [1.54, 1.807) is 0 Å². The van der Waals surface area contributed by atoms with Crippen molar-refractivity contribution >= 4 is 11.6 Å². The first-order chi connectivity index (χ1) is 9.70. The molecule has 0 atom stereocenters. The lowest BCUT2D eigenvalue weighted by molar-refractivity contribution is -0.125. The summed E-state index contributed by atoms with van der Waals surface area (Å²) < 4.78 is 0. The Bertz CT molecular complexity index is 516. The number of carbonyl (C=O) groups excluding carboxylic acids is 1. The maximum Gasteiger partial charge on any atom is 0.230 e. The lowest BCUT2D eigenvalue weighted by Gasteiger charge is -2.26. The van der Waals surface area contributed by atoms with Gasteiger partial charge < -0.3 is 11.1 Å². The molecule has 0 unspecified atom stereocenters. The van der Waals surface area contributed by atoms with Crippen molar-refractivity contribution < 1.29 is 4.79 Å². The van der Waals surface area contributed by atoms with Crippen LogP contribution in [0.1, 0.15) is 44.6 Å². The first-order valence-electron chi connectivity index (χ1n) is 7.31. The largest absolute Gasteiger partial charge is 0.326 e. The van der Waals surface area contributed by atoms with Crippen molar-refractivity contribution in [1.82, 2.24) is 0 Å². The predicted molar refractivity (Wildman–Crippen MR) is 82.2 cm³/mol. The molecule has 3 heteroatoms. The molecule has 0 spiro atoms. The maximum absolute atomic E-state index is 12.5. The summed E-state index contributed by atoms with van der Waals surface area (Å²) in [5, 5.41) is 3.05. The van der Waals surface area contributed by atoms with E-state index in [1.165, 1.54) is 0 Å². The quantitative estimate of drug-likeness (QED) is 0.830. The van der Waals surface area contributed by atoms with Crippen LogP contribution in [0.2, 0.25) is 0 Å². The lowest BCUT2D eigenvalue weighted by Crippen LogP contribution is -2.33. The van der Waals surface area contributed by atoms with Gasteiger partial charge in [0, 0.05) is 16.7 Å². The van der Waals surface area contributed by atoms with Gasteiger partial charge in [0.15, 0.2) is 0 Å². The average Bonchev–Trinajstić information content (AvgIpc) is 2.97. The van der Waals surface area contributed by atoms with Gasteiger partial charge in [-0.05, 0) is 43.5 Å². The van der Waals surface area contributed by atoms with Crippen LogP contribution in [0.25, 0.3) is 0 Å². The molecule has 1 amide bonds. The van der Waals surface area contributed by atoms with Crippen molar-refractivity contribution in [1.29, 1.82) is 0 Å². The number of nitrogens with two attached hydrogens (primary N) is 1. The highest BCUT2D eigenvalue weighted by Gasteiger charge is 2.39. The number of rotatable bonds is 3. The molecule has 106 valence electrons. The zero-order chi connectivity index (χ0) is 14.4. The van der Waals surface area contributed by atoms with E-state index in [-0.39, 0.29) is 11.3 Å². The van der Waals surface area contributed by atoms with E-state index in [2.05, 4.69) is 24.1 Å². The number of amides is 1. The van der Waals surface area contributed by atoms with Crippen molar-refractivity contribution in [3.05, 3.63) is 29.8 Å². The SMILES string of the molecule is CCC1(C(=O)Nc2ccc(C#CCN)cc2)CCCC1. The van der Waals surface area contributed by atoms with Gasteiger partial charge in [-0.2, -0.15) is 0 Å². The Kier molecular flexibility index (Phi) is 4.81. The maximum atomic E-state index is 12.5. The molecule has 20 heavy (non-hydrogen) atoms. The molecular formula is C17H22N2O. The Morgan fingerprint density at radius 1 is 1.30 bits per heavy atom. The van der Waals surface area contributed by atoms with Gasteiger partial charge in [0.25, 0.3) is 0 Å². The fraction of sp³-hybridized carbons (Fsp3) is 0.471. The molecule has 0 aliphatic heterocycles. The molecule has 0 bridgehead atoms. The number of nitrogens with one attached hydrogen (secondary N) is 1. The highest BCUT2D eigenvalue weighted by Crippen LogP contribution is 2.41. The van der Waals surface area contributed by atoms with Gasteiger partial charge in [-0.15, -0.1) is 0 Å². The first kappa shape index (κ1) is 14.6. The van der Waals surface area contributed by atoms with Crippen LogP contribution < -0.4 is 11.1 Å². The summed E-state index contributed by atoms with van der Waals surface area (Å²) in [6.45, 7) is 2.47. The van der Waals surface area contributed by atoms with E-state index in [1.807, 2.05) is 24.3 Å². The molecular weight excluding hydrogens is 248 g/mol. The number of hydrogen-bond donors (Lipinski definition) is 2. The standard InChI is InChI=1S/C17H22N2O/c1-2-17(11-3-4-12-17)16(20)19-15-9-7-14(8-10-15)6-5-13-18/h7-10H,2-4,11-13,18H2,1H3,(H,19,20). The normalized spacial score (nSPS) is 16.3. The number of anilines is 1. The predicted octanol–water partition coefficient (Wildman–Crippen LogP) is 2.91. The van der Waals surface area contributed by atoms with Crippen molar-refractivity contribution in [3.63, 3.8) is 0 Å². The van der Waals surface area contributed by atoms with E-state index < -0.39 is 0 Å². The smallest absolute Gasteiger partial charge is 0.230 e. The zero-order valence-electron chi connectivity index (χ0n) is 12.0. The van der Waals surface area contributed by atoms with Crippen LogP contribution in [0.5, 0.6) is 0 Å². The summed E-state index contributed by atoms with van der Waals surface area (Å²) in [5.41, 5.74) is 6.94. The Morgan fingerprint density at radius 3 is 2.50 bits per heavy atom. The fourth-order valence-corrected chi connectivity index (χ4v) is 2.85. The third-order valence-corrected chi connectivity index (χ3v) is 4.20. The van der Waals surface area contributed by atoms with E-state index in [0.29, 0.717) is 6.54 Å². The summed E-state index contributed by atoms with van der Waals surface area (Å²) in [6.07, 6.45) is 5.26. The van der Waals surface area contributed by atoms with Crippen molar-refractivity contribution in [3.8, 4) is 11.8 Å². The summed E-state index contributed by atoms with van der Waals surface area (Å²) in [6, 6.07) is 7.62. The van der Waals surface area contributed by atoms with E-state index in [0.717, 1.165) is 43.4 Å². The van der Waals surface area contributed by atoms with Crippen molar-refractivity contribution in [2.24, 2.45) is 11.1 Å². The van der Waals surface area contributed by atoms with Gasteiger partial charge in [-0.1, -0.05) is 31.6 Å². The van der Waals surface area contributed by atoms with Gasteiger partial charge in [0.1, 0.15) is 0 Å². The van der Waals surface area contributed by atoms with E-state index in [4.69, 9.17) is 5.73 Å². The Balaban J connectivity index is 2.04. The molecule has 1 aliphatic rings. The molecule has 0 aromatic heterocycles. The van der Waals surface area contributed by atoms with E-state index >= 15 is 0 Å². The first-order valence-corrected chi connectivity index (χ1v) is 7.31. The minimum absolute atomic E-state index is 0.155. The topological polar surface area (TPSA) is 55.1 Å². The second-order valence-electron chi connectivity index (χ2n) is 5.38. The number of carbonyl (C=O) groups is 1. The summed E-state index contributed by atoms with van der Waals surface area (Å²) >= 11 is 0. The van der Waals surface area contributed by atoms with Crippen LogP contribution in [0.4, 0.5) is 5.69 Å². The molecule has 0 heterocycles. The molecule has 2 rings (SSSR count). The molecule has 0 saturated heterocycles. The van der Waals surface area contributed by atoms with E-state index in [9.17, 15) is 4.79 Å². The third kappa shape index (κ3) is 3.20. The summed E-state index contributed by atoms with van der Waals surface area (Å²) in [5.74, 6) is 5.95. The van der Waals surface area contributed by atoms with Gasteiger partial charge >= 0.3 is 0 Å². The molecule has 1 aromatic rings. The molecule has 1 aliphatic carbocycles. The Hall–Kier alpha value is -1.79. The van der Waals surface area contributed by atoms with Gasteiger partial charge in [0.05, 0.1) is 6.54 Å². The molecule has 1 fully saturated rings. The van der Waals surface area contributed by atoms with Crippen LogP contribution in [0.15, 0.2) is 24.3 Å². The highest BCUT2D eigenvalue weighted by molar-refractivity contribution is 5.95. The molecule has 3 N–H and O–H groups in total. The number of benzene rings is 1. The van der Waals surface area contributed by atoms with Crippen molar-refractivity contribution in [2.45, 2.75) is 39.0 Å². The summed E-state index contributed by atoms with van der Waals surface area (Å²) in [4.78, 5) is 12.5. The minimum Gasteiger partial charge on any atom is -0.326 e.